The van der Waals surface area contributed by atoms with Crippen LogP contribution in [-0.2, 0) is 0 Å². The predicted molar refractivity (Wildman–Crippen MR) is 136 cm³/mol. The lowest BCUT2D eigenvalue weighted by Crippen LogP contribution is -2.50. The molecule has 0 spiro atoms. The fourth-order valence-electron chi connectivity index (χ4n) is 4.81. The summed E-state index contributed by atoms with van der Waals surface area (Å²) in [5.41, 5.74) is 7.33. The fourth-order valence-corrected chi connectivity index (χ4v) is 4.81. The van der Waals surface area contributed by atoms with E-state index in [0.717, 1.165) is 18.5 Å². The molecule has 2 aromatic rings. The maximum atomic E-state index is 5.29. The minimum Gasteiger partial charge on any atom is -0.290 e. The Kier molecular flexibility index (Phi) is 7.83. The SMILES string of the molecule is CC(=Nc1ccccc1)C1CCCC(C(C)=Nc2c(C(C)C)cccc2C(C)C)N1C. The Morgan fingerprint density at radius 1 is 0.774 bits per heavy atom. The molecule has 3 nitrogen and oxygen atoms in total. The summed E-state index contributed by atoms with van der Waals surface area (Å²) >= 11 is 0. The van der Waals surface area contributed by atoms with Gasteiger partial charge in [0.1, 0.15) is 0 Å². The molecule has 1 saturated heterocycles. The van der Waals surface area contributed by atoms with Gasteiger partial charge in [-0.2, -0.15) is 0 Å². The van der Waals surface area contributed by atoms with Crippen molar-refractivity contribution in [3.63, 3.8) is 0 Å². The summed E-state index contributed by atoms with van der Waals surface area (Å²) < 4.78 is 0. The number of benzene rings is 2. The van der Waals surface area contributed by atoms with Gasteiger partial charge in [0, 0.05) is 23.5 Å². The molecule has 0 amide bonds. The van der Waals surface area contributed by atoms with E-state index < -0.39 is 0 Å². The van der Waals surface area contributed by atoms with Gasteiger partial charge < -0.3 is 0 Å². The molecular formula is C28H39N3. The first-order valence-corrected chi connectivity index (χ1v) is 11.8. The third-order valence-corrected chi connectivity index (χ3v) is 6.60. The minimum absolute atomic E-state index is 0.347. The molecule has 0 radical (unpaired) electrons. The summed E-state index contributed by atoms with van der Waals surface area (Å²) in [6.07, 6.45) is 3.52. The number of aliphatic imine (C=N–C) groups is 2. The van der Waals surface area contributed by atoms with Gasteiger partial charge >= 0.3 is 0 Å². The summed E-state index contributed by atoms with van der Waals surface area (Å²) in [6.45, 7) is 13.4. The van der Waals surface area contributed by atoms with E-state index in [1.54, 1.807) is 0 Å². The molecule has 3 rings (SSSR count). The second-order valence-corrected chi connectivity index (χ2v) is 9.56. The summed E-state index contributed by atoms with van der Waals surface area (Å²) in [7, 11) is 2.25. The smallest absolute Gasteiger partial charge is 0.0698 e. The van der Waals surface area contributed by atoms with Gasteiger partial charge in [-0.15, -0.1) is 0 Å². The molecule has 166 valence electrons. The Morgan fingerprint density at radius 2 is 1.29 bits per heavy atom. The Bertz CT molecular complexity index is 898. The first kappa shape index (κ1) is 23.4. The molecule has 2 unspecified atom stereocenters. The molecule has 31 heavy (non-hydrogen) atoms. The maximum absolute atomic E-state index is 5.29. The van der Waals surface area contributed by atoms with Crippen molar-refractivity contribution in [2.45, 2.75) is 84.7 Å². The monoisotopic (exact) mass is 417 g/mol. The van der Waals surface area contributed by atoms with E-state index in [-0.39, 0.29) is 0 Å². The first-order valence-electron chi connectivity index (χ1n) is 11.8. The standard InChI is InChI=1S/C28H39N3/c1-19(2)24-15-11-16-25(20(3)4)28(24)30-22(6)27-18-12-17-26(31(27)7)21(5)29-23-13-9-8-10-14-23/h8-11,13-16,19-20,26-27H,12,17-18H2,1-7H3. The molecule has 2 atom stereocenters. The van der Waals surface area contributed by atoms with Gasteiger partial charge in [0.2, 0.25) is 0 Å². The van der Waals surface area contributed by atoms with Gasteiger partial charge in [-0.3, -0.25) is 14.9 Å². The lowest BCUT2D eigenvalue weighted by atomic mass is 9.90. The van der Waals surface area contributed by atoms with Crippen LogP contribution in [0, 0.1) is 0 Å². The molecular weight excluding hydrogens is 378 g/mol. The molecule has 1 fully saturated rings. The average molecular weight is 418 g/mol. The topological polar surface area (TPSA) is 28.0 Å². The number of likely N-dealkylation sites (tertiary alicyclic amines) is 1. The van der Waals surface area contributed by atoms with Crippen molar-refractivity contribution in [3.8, 4) is 0 Å². The number of hydrogen-bond acceptors (Lipinski definition) is 3. The van der Waals surface area contributed by atoms with E-state index in [2.05, 4.69) is 96.0 Å². The summed E-state index contributed by atoms with van der Waals surface area (Å²) in [6, 6.07) is 17.7. The van der Waals surface area contributed by atoms with Crippen LogP contribution in [0.2, 0.25) is 0 Å². The second-order valence-electron chi connectivity index (χ2n) is 9.56. The van der Waals surface area contributed by atoms with Gasteiger partial charge in [0.25, 0.3) is 0 Å². The lowest BCUT2D eigenvalue weighted by molar-refractivity contribution is 0.197. The molecule has 0 aliphatic carbocycles. The van der Waals surface area contributed by atoms with Crippen molar-refractivity contribution in [1.29, 1.82) is 0 Å². The minimum atomic E-state index is 0.347. The highest BCUT2D eigenvalue weighted by atomic mass is 15.2. The van der Waals surface area contributed by atoms with Crippen LogP contribution >= 0.6 is 0 Å². The highest BCUT2D eigenvalue weighted by molar-refractivity contribution is 5.93. The zero-order valence-electron chi connectivity index (χ0n) is 20.4. The molecule has 1 aliphatic heterocycles. The molecule has 1 heterocycles. The van der Waals surface area contributed by atoms with E-state index in [1.165, 1.54) is 34.7 Å². The molecule has 1 aliphatic rings. The third kappa shape index (κ3) is 5.51. The Hall–Kier alpha value is -2.26. The fraction of sp³-hybridized carbons (Fsp3) is 0.500. The Balaban J connectivity index is 1.91. The molecule has 3 heteroatoms. The van der Waals surface area contributed by atoms with Gasteiger partial charge in [0.05, 0.1) is 11.4 Å². The van der Waals surface area contributed by atoms with E-state index in [4.69, 9.17) is 9.98 Å². The summed E-state index contributed by atoms with van der Waals surface area (Å²) in [5.74, 6) is 0.921. The summed E-state index contributed by atoms with van der Waals surface area (Å²) in [4.78, 5) is 12.7. The molecule has 0 aromatic heterocycles. The van der Waals surface area contributed by atoms with E-state index in [1.807, 2.05) is 6.07 Å². The predicted octanol–water partition coefficient (Wildman–Crippen LogP) is 7.67. The number of para-hydroxylation sites is 2. The maximum Gasteiger partial charge on any atom is 0.0698 e. The van der Waals surface area contributed by atoms with Crippen LogP contribution in [0.5, 0.6) is 0 Å². The van der Waals surface area contributed by atoms with Gasteiger partial charge in [0.15, 0.2) is 0 Å². The van der Waals surface area contributed by atoms with Crippen LogP contribution in [-0.4, -0.2) is 35.5 Å². The largest absolute Gasteiger partial charge is 0.290 e. The van der Waals surface area contributed by atoms with E-state index in [0.29, 0.717) is 23.9 Å². The van der Waals surface area contributed by atoms with Crippen LogP contribution < -0.4 is 0 Å². The van der Waals surface area contributed by atoms with E-state index >= 15 is 0 Å². The zero-order chi connectivity index (χ0) is 22.5. The van der Waals surface area contributed by atoms with Crippen LogP contribution in [0.25, 0.3) is 0 Å². The van der Waals surface area contributed by atoms with Gasteiger partial charge in [-0.25, -0.2) is 0 Å². The number of piperidine rings is 1. The van der Waals surface area contributed by atoms with Crippen molar-refractivity contribution in [2.75, 3.05) is 7.05 Å². The summed E-state index contributed by atoms with van der Waals surface area (Å²) in [5, 5.41) is 0. The number of rotatable bonds is 6. The first-order chi connectivity index (χ1) is 14.8. The normalized spacial score (nSPS) is 21.2. The van der Waals surface area contributed by atoms with Crippen molar-refractivity contribution >= 4 is 22.8 Å². The van der Waals surface area contributed by atoms with Crippen molar-refractivity contribution in [2.24, 2.45) is 9.98 Å². The number of nitrogens with zero attached hydrogens (tertiary/aromatic N) is 3. The highest BCUT2D eigenvalue weighted by Gasteiger charge is 2.31. The molecule has 0 saturated carbocycles. The van der Waals surface area contributed by atoms with Crippen LogP contribution in [0.1, 0.15) is 83.8 Å². The van der Waals surface area contributed by atoms with Crippen LogP contribution in [0.3, 0.4) is 0 Å². The van der Waals surface area contributed by atoms with Crippen molar-refractivity contribution in [1.82, 2.24) is 4.90 Å². The van der Waals surface area contributed by atoms with Crippen molar-refractivity contribution in [3.05, 3.63) is 59.7 Å². The second kappa shape index (κ2) is 10.4. The Labute approximate surface area is 189 Å². The molecule has 2 aromatic carbocycles. The molecule has 0 bridgehead atoms. The average Bonchev–Trinajstić information content (AvgIpc) is 2.74. The van der Waals surface area contributed by atoms with Gasteiger partial charge in [-0.1, -0.05) is 64.1 Å². The van der Waals surface area contributed by atoms with Gasteiger partial charge in [-0.05, 0) is 75.3 Å². The molecule has 0 N–H and O–H groups in total. The van der Waals surface area contributed by atoms with E-state index in [9.17, 15) is 0 Å². The van der Waals surface area contributed by atoms with Crippen molar-refractivity contribution < 1.29 is 0 Å². The quantitative estimate of drug-likeness (QED) is 0.443. The zero-order valence-corrected chi connectivity index (χ0v) is 20.4. The number of hydrogen-bond donors (Lipinski definition) is 0. The van der Waals surface area contributed by atoms with Crippen LogP contribution in [0.15, 0.2) is 58.5 Å². The highest BCUT2D eigenvalue weighted by Crippen LogP contribution is 2.36. The van der Waals surface area contributed by atoms with Crippen LogP contribution in [0.4, 0.5) is 11.4 Å². The third-order valence-electron chi connectivity index (χ3n) is 6.60. The Morgan fingerprint density at radius 3 is 1.81 bits per heavy atom. The lowest BCUT2D eigenvalue weighted by Gasteiger charge is -2.39.